The van der Waals surface area contributed by atoms with E-state index < -0.39 is 5.41 Å². The third-order valence-electron chi connectivity index (χ3n) is 7.43. The third kappa shape index (κ3) is 5.81. The number of hydrogen-bond donors (Lipinski definition) is 3. The fourth-order valence-electron chi connectivity index (χ4n) is 4.53. The minimum absolute atomic E-state index is 0.225. The van der Waals surface area contributed by atoms with Gasteiger partial charge >= 0.3 is 0 Å². The number of nitriles is 1. The number of likely N-dealkylation sites (N-methyl/N-ethyl adjacent to an activating group) is 2. The summed E-state index contributed by atoms with van der Waals surface area (Å²) in [5.74, 6) is -0.225. The molecule has 2 aromatic carbocycles. The largest absolute Gasteiger partial charge is 0.373 e. The molecule has 4 rings (SSSR count). The number of hydrogen-bond acceptors (Lipinski definition) is 8. The molecule has 1 aromatic heterocycles. The summed E-state index contributed by atoms with van der Waals surface area (Å²) < 4.78 is 1.85. The topological polar surface area (TPSA) is 104 Å². The van der Waals surface area contributed by atoms with Crippen molar-refractivity contribution >= 4 is 28.7 Å². The van der Waals surface area contributed by atoms with Crippen molar-refractivity contribution in [1.29, 1.82) is 5.26 Å². The lowest BCUT2D eigenvalue weighted by Crippen LogP contribution is -2.38. The van der Waals surface area contributed by atoms with Crippen LogP contribution < -0.4 is 26.1 Å². The Kier molecular flexibility index (Phi) is 8.18. The molecule has 0 fully saturated rings. The van der Waals surface area contributed by atoms with Crippen LogP contribution >= 0.6 is 0 Å². The average molecular weight is 542 g/mol. The Labute approximate surface area is 236 Å². The Bertz CT molecular complexity index is 1480. The molecule has 0 unspecified atom stereocenters. The summed E-state index contributed by atoms with van der Waals surface area (Å²) in [4.78, 5) is 15.6. The van der Waals surface area contributed by atoms with Gasteiger partial charge in [0.2, 0.25) is 0 Å². The molecule has 1 amide bonds. The van der Waals surface area contributed by atoms with E-state index in [2.05, 4.69) is 32.2 Å². The molecule has 0 atom stereocenters. The van der Waals surface area contributed by atoms with Gasteiger partial charge in [-0.25, -0.2) is 0 Å². The highest BCUT2D eigenvalue weighted by Crippen LogP contribution is 2.32. The van der Waals surface area contributed by atoms with Gasteiger partial charge in [0.25, 0.3) is 5.91 Å². The van der Waals surface area contributed by atoms with E-state index in [0.29, 0.717) is 11.3 Å². The standard InChI is InChI=1S/C30H39N9O/c1-20-9-10-22(13-27(20)39-18-28(38(8)35-39)26-17-33-37(7)21(26)2)29(40)34-24-14-23(30(3,4)19-31)15-25(16-24)36(6)12-11-32-5/h9-10,13-18,32,35H,11-12H2,1-8H3,(H,34,40). The summed E-state index contributed by atoms with van der Waals surface area (Å²) >= 11 is 0. The maximum atomic E-state index is 13.5. The van der Waals surface area contributed by atoms with Crippen LogP contribution in [0.5, 0.6) is 0 Å². The van der Waals surface area contributed by atoms with Crippen molar-refractivity contribution in [2.24, 2.45) is 7.05 Å². The lowest BCUT2D eigenvalue weighted by molar-refractivity contribution is 0.102. The zero-order valence-corrected chi connectivity index (χ0v) is 24.6. The molecule has 0 saturated carbocycles. The molecule has 0 saturated heterocycles. The van der Waals surface area contributed by atoms with E-state index in [0.717, 1.165) is 52.5 Å². The molecule has 0 bridgehead atoms. The maximum Gasteiger partial charge on any atom is 0.255 e. The van der Waals surface area contributed by atoms with Crippen LogP contribution in [0, 0.1) is 25.2 Å². The van der Waals surface area contributed by atoms with Crippen LogP contribution in [-0.2, 0) is 12.5 Å². The van der Waals surface area contributed by atoms with E-state index in [1.807, 2.05) is 119 Å². The zero-order valence-electron chi connectivity index (χ0n) is 24.6. The second-order valence-corrected chi connectivity index (χ2v) is 10.8. The van der Waals surface area contributed by atoms with Crippen molar-refractivity contribution in [3.8, 4) is 6.07 Å². The summed E-state index contributed by atoms with van der Waals surface area (Å²) in [6.45, 7) is 9.41. The van der Waals surface area contributed by atoms with Crippen molar-refractivity contribution in [3.05, 3.63) is 76.7 Å². The van der Waals surface area contributed by atoms with Crippen molar-refractivity contribution in [3.63, 3.8) is 0 Å². The summed E-state index contributed by atoms with van der Waals surface area (Å²) in [5.41, 5.74) is 10.5. The summed E-state index contributed by atoms with van der Waals surface area (Å²) in [6, 6.07) is 13.9. The number of aromatic nitrogens is 2. The zero-order chi connectivity index (χ0) is 29.2. The number of carbonyl (C=O) groups excluding carboxylic acids is 1. The van der Waals surface area contributed by atoms with E-state index in [9.17, 15) is 10.1 Å². The highest BCUT2D eigenvalue weighted by molar-refractivity contribution is 6.05. The normalized spacial score (nSPS) is 13.3. The van der Waals surface area contributed by atoms with Crippen LogP contribution in [-0.4, -0.2) is 54.9 Å². The first-order chi connectivity index (χ1) is 18.9. The molecule has 1 aliphatic rings. The van der Waals surface area contributed by atoms with Gasteiger partial charge in [-0.3, -0.25) is 19.5 Å². The van der Waals surface area contributed by atoms with Gasteiger partial charge in [0.05, 0.1) is 29.1 Å². The first kappa shape index (κ1) is 28.7. The molecular weight excluding hydrogens is 502 g/mol. The molecule has 10 heteroatoms. The molecule has 40 heavy (non-hydrogen) atoms. The van der Waals surface area contributed by atoms with Crippen molar-refractivity contribution < 1.29 is 4.79 Å². The first-order valence-electron chi connectivity index (χ1n) is 13.3. The van der Waals surface area contributed by atoms with Gasteiger partial charge in [0, 0.05) is 68.6 Å². The SMILES string of the molecule is CNCCN(C)c1cc(NC(=O)c2ccc(C)c(N3C=C(c4cnn(C)c4C)N(C)N3)c2)cc(C(C)(C)C#N)c1. The van der Waals surface area contributed by atoms with Crippen LogP contribution in [0.3, 0.4) is 0 Å². The number of aryl methyl sites for hydroxylation is 2. The average Bonchev–Trinajstić information content (AvgIpc) is 3.47. The predicted molar refractivity (Wildman–Crippen MR) is 161 cm³/mol. The van der Waals surface area contributed by atoms with Crippen LogP contribution in [0.25, 0.3) is 5.70 Å². The first-order valence-corrected chi connectivity index (χ1v) is 13.3. The quantitative estimate of drug-likeness (QED) is 0.375. The molecule has 1 aliphatic heterocycles. The molecule has 210 valence electrons. The minimum atomic E-state index is -0.708. The van der Waals surface area contributed by atoms with Gasteiger partial charge in [-0.2, -0.15) is 10.4 Å². The number of amides is 1. The fourth-order valence-corrected chi connectivity index (χ4v) is 4.53. The number of benzene rings is 2. The second-order valence-electron chi connectivity index (χ2n) is 10.8. The lowest BCUT2D eigenvalue weighted by atomic mass is 9.85. The minimum Gasteiger partial charge on any atom is -0.373 e. The number of nitrogens with one attached hydrogen (secondary N) is 3. The smallest absolute Gasteiger partial charge is 0.255 e. The molecule has 2 heterocycles. The number of hydrazine groups is 2. The number of carbonyl (C=O) groups is 1. The number of anilines is 3. The van der Waals surface area contributed by atoms with E-state index in [1.165, 1.54) is 0 Å². The fraction of sp³-hybridized carbons (Fsp3) is 0.367. The van der Waals surface area contributed by atoms with Gasteiger partial charge < -0.3 is 15.5 Å². The van der Waals surface area contributed by atoms with Crippen molar-refractivity contribution in [2.75, 3.05) is 49.5 Å². The van der Waals surface area contributed by atoms with E-state index in [-0.39, 0.29) is 5.91 Å². The van der Waals surface area contributed by atoms with Crippen molar-refractivity contribution in [1.82, 2.24) is 25.6 Å². The van der Waals surface area contributed by atoms with E-state index in [4.69, 9.17) is 0 Å². The molecule has 0 spiro atoms. The van der Waals surface area contributed by atoms with Crippen molar-refractivity contribution in [2.45, 2.75) is 33.1 Å². The van der Waals surface area contributed by atoms with Crippen LogP contribution in [0.1, 0.15) is 46.6 Å². The van der Waals surface area contributed by atoms with Crippen LogP contribution in [0.2, 0.25) is 0 Å². The molecular formula is C30H39N9O. The Hall–Kier alpha value is -4.33. The monoisotopic (exact) mass is 541 g/mol. The number of nitrogens with zero attached hydrogens (tertiary/aromatic N) is 6. The Balaban J connectivity index is 1.63. The molecule has 3 N–H and O–H groups in total. The molecule has 0 radical (unpaired) electrons. The van der Waals surface area contributed by atoms with Gasteiger partial charge in [0.15, 0.2) is 0 Å². The number of rotatable bonds is 9. The Morgan fingerprint density at radius 2 is 1.93 bits per heavy atom. The molecule has 0 aliphatic carbocycles. The predicted octanol–water partition coefficient (Wildman–Crippen LogP) is 3.92. The van der Waals surface area contributed by atoms with Crippen LogP contribution in [0.15, 0.2) is 48.8 Å². The van der Waals surface area contributed by atoms with Gasteiger partial charge in [-0.1, -0.05) is 6.07 Å². The van der Waals surface area contributed by atoms with Gasteiger partial charge in [-0.15, -0.1) is 5.53 Å². The van der Waals surface area contributed by atoms with E-state index >= 15 is 0 Å². The Morgan fingerprint density at radius 1 is 1.18 bits per heavy atom. The third-order valence-corrected chi connectivity index (χ3v) is 7.43. The highest BCUT2D eigenvalue weighted by atomic mass is 16.1. The lowest BCUT2D eigenvalue weighted by Gasteiger charge is -2.24. The summed E-state index contributed by atoms with van der Waals surface area (Å²) in [5, 5.41) is 24.2. The van der Waals surface area contributed by atoms with Gasteiger partial charge in [0.1, 0.15) is 0 Å². The Morgan fingerprint density at radius 3 is 2.58 bits per heavy atom. The van der Waals surface area contributed by atoms with Crippen LogP contribution in [0.4, 0.5) is 17.1 Å². The molecule has 10 nitrogen and oxygen atoms in total. The summed E-state index contributed by atoms with van der Waals surface area (Å²) in [6.07, 6.45) is 3.86. The second kappa shape index (κ2) is 11.4. The van der Waals surface area contributed by atoms with Gasteiger partial charge in [-0.05, 0) is 76.2 Å². The highest BCUT2D eigenvalue weighted by Gasteiger charge is 2.25. The molecule has 3 aromatic rings. The maximum absolute atomic E-state index is 13.5. The van der Waals surface area contributed by atoms with E-state index in [1.54, 1.807) is 0 Å². The summed E-state index contributed by atoms with van der Waals surface area (Å²) in [7, 11) is 7.79.